The van der Waals surface area contributed by atoms with Crippen molar-refractivity contribution in [2.75, 3.05) is 11.4 Å². The van der Waals surface area contributed by atoms with Crippen LogP contribution in [0.2, 0.25) is 0 Å². The van der Waals surface area contributed by atoms with E-state index in [0.29, 0.717) is 25.2 Å². The third-order valence-electron chi connectivity index (χ3n) is 3.29. The van der Waals surface area contributed by atoms with Gasteiger partial charge in [-0.05, 0) is 24.6 Å². The van der Waals surface area contributed by atoms with Crippen LogP contribution in [-0.2, 0) is 11.3 Å². The van der Waals surface area contributed by atoms with Crippen LogP contribution in [0.5, 0.6) is 0 Å². The van der Waals surface area contributed by atoms with E-state index < -0.39 is 17.5 Å². The summed E-state index contributed by atoms with van der Waals surface area (Å²) in [6.07, 6.45) is 5.90. The third-order valence-corrected chi connectivity index (χ3v) is 3.29. The van der Waals surface area contributed by atoms with Gasteiger partial charge in [0.25, 0.3) is 11.7 Å². The van der Waals surface area contributed by atoms with Crippen molar-refractivity contribution in [2.45, 2.75) is 13.0 Å². The molecule has 2 heterocycles. The second kappa shape index (κ2) is 4.88. The van der Waals surface area contributed by atoms with Crippen LogP contribution in [0.4, 0.5) is 10.1 Å². The number of ketones is 1. The van der Waals surface area contributed by atoms with E-state index >= 15 is 0 Å². The summed E-state index contributed by atoms with van der Waals surface area (Å²) < 4.78 is 15.0. The van der Waals surface area contributed by atoms with Crippen molar-refractivity contribution in [3.05, 3.63) is 48.3 Å². The van der Waals surface area contributed by atoms with Gasteiger partial charge in [-0.25, -0.2) is 9.37 Å². The maximum atomic E-state index is 13.1. The molecular weight excluding hydrogens is 261 g/mol. The minimum Gasteiger partial charge on any atom is -0.337 e. The Morgan fingerprint density at radius 2 is 2.05 bits per heavy atom. The van der Waals surface area contributed by atoms with Gasteiger partial charge in [0.05, 0.1) is 17.6 Å². The van der Waals surface area contributed by atoms with Crippen LogP contribution in [0.25, 0.3) is 0 Å². The molecule has 0 spiro atoms. The fourth-order valence-electron chi connectivity index (χ4n) is 2.33. The number of Topliss-reactive ketones (excluding diaryl/α,β-unsaturated/α-hetero) is 1. The summed E-state index contributed by atoms with van der Waals surface area (Å²) in [7, 11) is 0. The Morgan fingerprint density at radius 3 is 2.80 bits per heavy atom. The molecule has 102 valence electrons. The molecule has 1 aliphatic heterocycles. The number of amides is 1. The van der Waals surface area contributed by atoms with Crippen LogP contribution >= 0.6 is 0 Å². The fraction of sp³-hybridized carbons (Fsp3) is 0.214. The van der Waals surface area contributed by atoms with E-state index in [1.807, 2.05) is 10.8 Å². The van der Waals surface area contributed by atoms with Gasteiger partial charge in [0.2, 0.25) is 0 Å². The molecule has 1 amide bonds. The third kappa shape index (κ3) is 2.09. The number of aromatic nitrogens is 2. The lowest BCUT2D eigenvalue weighted by Gasteiger charge is -2.16. The van der Waals surface area contributed by atoms with E-state index in [4.69, 9.17) is 0 Å². The van der Waals surface area contributed by atoms with Gasteiger partial charge in [-0.2, -0.15) is 0 Å². The highest BCUT2D eigenvalue weighted by Crippen LogP contribution is 2.29. The minimum absolute atomic E-state index is 0.151. The van der Waals surface area contributed by atoms with E-state index in [-0.39, 0.29) is 5.56 Å². The lowest BCUT2D eigenvalue weighted by molar-refractivity contribution is -0.114. The molecule has 1 aliphatic rings. The monoisotopic (exact) mass is 273 g/mol. The first-order chi connectivity index (χ1) is 9.66. The number of imidazole rings is 1. The molecule has 6 heteroatoms. The molecule has 0 saturated heterocycles. The average molecular weight is 273 g/mol. The maximum absolute atomic E-state index is 13.1. The number of carbonyl (C=O) groups is 2. The fourth-order valence-corrected chi connectivity index (χ4v) is 2.33. The molecule has 1 aromatic carbocycles. The summed E-state index contributed by atoms with van der Waals surface area (Å²) >= 11 is 0. The van der Waals surface area contributed by atoms with Gasteiger partial charge in [-0.15, -0.1) is 0 Å². The van der Waals surface area contributed by atoms with Crippen LogP contribution < -0.4 is 4.90 Å². The lowest BCUT2D eigenvalue weighted by Crippen LogP contribution is -2.31. The second-order valence-electron chi connectivity index (χ2n) is 4.60. The molecule has 0 unspecified atom stereocenters. The largest absolute Gasteiger partial charge is 0.337 e. The standard InChI is InChI=1S/C14H12FN3O2/c15-10-2-3-12-11(8-10)13(19)14(20)18(12)6-1-5-17-7-4-16-9-17/h2-4,7-9H,1,5-6H2. The van der Waals surface area contributed by atoms with Crippen molar-refractivity contribution in [1.82, 2.24) is 9.55 Å². The Balaban J connectivity index is 1.74. The SMILES string of the molecule is O=C1C(=O)N(CCCn2ccnc2)c2ccc(F)cc21. The number of aryl methyl sites for hydroxylation is 1. The van der Waals surface area contributed by atoms with E-state index in [1.165, 1.54) is 17.0 Å². The molecule has 0 fully saturated rings. The number of nitrogens with zero attached hydrogens (tertiary/aromatic N) is 3. The first kappa shape index (κ1) is 12.5. The number of rotatable bonds is 4. The van der Waals surface area contributed by atoms with Crippen molar-refractivity contribution >= 4 is 17.4 Å². The molecular formula is C14H12FN3O2. The molecule has 0 aliphatic carbocycles. The van der Waals surface area contributed by atoms with Crippen LogP contribution in [0, 0.1) is 5.82 Å². The highest BCUT2D eigenvalue weighted by atomic mass is 19.1. The Kier molecular flexibility index (Phi) is 3.06. The summed E-state index contributed by atoms with van der Waals surface area (Å²) in [5.41, 5.74) is 0.643. The quantitative estimate of drug-likeness (QED) is 0.796. The predicted molar refractivity (Wildman–Crippen MR) is 69.9 cm³/mol. The Morgan fingerprint density at radius 1 is 1.20 bits per heavy atom. The molecule has 0 radical (unpaired) electrons. The second-order valence-corrected chi connectivity index (χ2v) is 4.60. The van der Waals surface area contributed by atoms with Crippen LogP contribution in [0.3, 0.4) is 0 Å². The molecule has 0 N–H and O–H groups in total. The normalized spacial score (nSPS) is 13.9. The summed E-state index contributed by atoms with van der Waals surface area (Å²) in [5.74, 6) is -1.73. The highest BCUT2D eigenvalue weighted by molar-refractivity contribution is 6.52. The summed E-state index contributed by atoms with van der Waals surface area (Å²) in [4.78, 5) is 29.0. The topological polar surface area (TPSA) is 55.2 Å². The molecule has 3 rings (SSSR count). The van der Waals surface area contributed by atoms with Crippen LogP contribution in [0.1, 0.15) is 16.8 Å². The zero-order valence-electron chi connectivity index (χ0n) is 10.6. The molecule has 5 nitrogen and oxygen atoms in total. The van der Waals surface area contributed by atoms with E-state index in [9.17, 15) is 14.0 Å². The number of fused-ring (bicyclic) bond motifs is 1. The van der Waals surface area contributed by atoms with E-state index in [2.05, 4.69) is 4.98 Å². The minimum atomic E-state index is -0.637. The Hall–Kier alpha value is -2.50. The average Bonchev–Trinajstić information content (AvgIpc) is 3.02. The first-order valence-corrected chi connectivity index (χ1v) is 6.28. The molecule has 0 saturated carbocycles. The van der Waals surface area contributed by atoms with Crippen molar-refractivity contribution in [3.63, 3.8) is 0 Å². The van der Waals surface area contributed by atoms with Gasteiger partial charge in [-0.3, -0.25) is 9.59 Å². The highest BCUT2D eigenvalue weighted by Gasteiger charge is 2.35. The van der Waals surface area contributed by atoms with Crippen LogP contribution in [0.15, 0.2) is 36.9 Å². The van der Waals surface area contributed by atoms with Gasteiger partial charge >= 0.3 is 0 Å². The number of benzene rings is 1. The van der Waals surface area contributed by atoms with Crippen molar-refractivity contribution in [1.29, 1.82) is 0 Å². The van der Waals surface area contributed by atoms with Gasteiger partial charge in [0.15, 0.2) is 0 Å². The number of carbonyl (C=O) groups excluding carboxylic acids is 2. The zero-order valence-corrected chi connectivity index (χ0v) is 10.6. The number of hydrogen-bond acceptors (Lipinski definition) is 3. The van der Waals surface area contributed by atoms with Gasteiger partial charge in [-0.1, -0.05) is 0 Å². The summed E-state index contributed by atoms with van der Waals surface area (Å²) in [6, 6.07) is 3.85. The number of halogens is 1. The van der Waals surface area contributed by atoms with Gasteiger partial charge < -0.3 is 9.47 Å². The Labute approximate surface area is 114 Å². The molecule has 0 atom stereocenters. The first-order valence-electron chi connectivity index (χ1n) is 6.28. The van der Waals surface area contributed by atoms with Crippen molar-refractivity contribution in [2.24, 2.45) is 0 Å². The lowest BCUT2D eigenvalue weighted by atomic mass is 10.1. The number of anilines is 1. The van der Waals surface area contributed by atoms with Crippen molar-refractivity contribution < 1.29 is 14.0 Å². The van der Waals surface area contributed by atoms with E-state index in [1.54, 1.807) is 12.5 Å². The summed E-state index contributed by atoms with van der Waals surface area (Å²) in [6.45, 7) is 1.12. The number of hydrogen-bond donors (Lipinski definition) is 0. The van der Waals surface area contributed by atoms with E-state index in [0.717, 1.165) is 6.07 Å². The molecule has 1 aromatic heterocycles. The zero-order chi connectivity index (χ0) is 14.1. The maximum Gasteiger partial charge on any atom is 0.299 e. The smallest absolute Gasteiger partial charge is 0.299 e. The molecule has 2 aromatic rings. The van der Waals surface area contributed by atoms with Crippen molar-refractivity contribution in [3.8, 4) is 0 Å². The summed E-state index contributed by atoms with van der Waals surface area (Å²) in [5, 5.41) is 0. The Bertz CT molecular complexity index is 667. The predicted octanol–water partition coefficient (Wildman–Crippen LogP) is 1.64. The van der Waals surface area contributed by atoms with Gasteiger partial charge in [0.1, 0.15) is 5.82 Å². The van der Waals surface area contributed by atoms with Gasteiger partial charge in [0, 0.05) is 25.5 Å². The van der Waals surface area contributed by atoms with Crippen LogP contribution in [-0.4, -0.2) is 27.8 Å². The molecule has 0 bridgehead atoms. The molecule has 20 heavy (non-hydrogen) atoms.